The minimum absolute atomic E-state index is 0.123. The van der Waals surface area contributed by atoms with Crippen molar-refractivity contribution in [3.05, 3.63) is 53.1 Å². The number of benzene rings is 2. The zero-order valence-electron chi connectivity index (χ0n) is 17.8. The Morgan fingerprint density at radius 2 is 1.57 bits per heavy atom. The van der Waals surface area contributed by atoms with Crippen molar-refractivity contribution in [3.8, 4) is 11.5 Å². The Kier molecular flexibility index (Phi) is 6.67. The van der Waals surface area contributed by atoms with Crippen LogP contribution in [0.2, 0.25) is 0 Å². The van der Waals surface area contributed by atoms with Crippen molar-refractivity contribution >= 4 is 15.9 Å². The van der Waals surface area contributed by atoms with E-state index in [-0.39, 0.29) is 16.8 Å². The fraction of sp³-hybridized carbons (Fsp3) is 0.409. The summed E-state index contributed by atoms with van der Waals surface area (Å²) in [6, 6.07) is 9.99. The molecular formula is C22H28N2O5S. The molecule has 0 atom stereocenters. The van der Waals surface area contributed by atoms with Crippen LogP contribution in [0.15, 0.2) is 41.3 Å². The lowest BCUT2D eigenvalue weighted by molar-refractivity contribution is 0.0710. The Morgan fingerprint density at radius 3 is 2.10 bits per heavy atom. The molecule has 1 fully saturated rings. The lowest BCUT2D eigenvalue weighted by Gasteiger charge is -2.32. The lowest BCUT2D eigenvalue weighted by atomic mass is 10.0. The molecule has 0 spiro atoms. The molecule has 1 aliphatic heterocycles. The smallest absolute Gasteiger partial charge is 0.254 e. The number of amides is 1. The molecule has 7 nitrogen and oxygen atoms in total. The molecule has 30 heavy (non-hydrogen) atoms. The van der Waals surface area contributed by atoms with Crippen molar-refractivity contribution in [2.75, 3.05) is 27.3 Å². The van der Waals surface area contributed by atoms with E-state index >= 15 is 0 Å². The molecule has 0 radical (unpaired) electrons. The molecule has 3 rings (SSSR count). The zero-order chi connectivity index (χ0) is 21.9. The third-order valence-electron chi connectivity index (χ3n) is 5.49. The van der Waals surface area contributed by atoms with E-state index in [9.17, 15) is 13.2 Å². The molecule has 0 bridgehead atoms. The van der Waals surface area contributed by atoms with Gasteiger partial charge in [0.25, 0.3) is 5.91 Å². The molecule has 0 aliphatic carbocycles. The second kappa shape index (κ2) is 9.06. The van der Waals surface area contributed by atoms with Crippen LogP contribution < -0.4 is 14.2 Å². The van der Waals surface area contributed by atoms with Crippen LogP contribution in [0.3, 0.4) is 0 Å². The van der Waals surface area contributed by atoms with Crippen molar-refractivity contribution in [2.45, 2.75) is 37.6 Å². The van der Waals surface area contributed by atoms with Crippen LogP contribution in [-0.4, -0.2) is 52.6 Å². The molecular weight excluding hydrogens is 404 g/mol. The zero-order valence-corrected chi connectivity index (χ0v) is 18.6. The molecule has 8 heteroatoms. The molecule has 1 saturated heterocycles. The Balaban J connectivity index is 1.64. The maximum Gasteiger partial charge on any atom is 0.254 e. The van der Waals surface area contributed by atoms with Crippen molar-refractivity contribution in [2.24, 2.45) is 0 Å². The molecule has 1 amide bonds. The van der Waals surface area contributed by atoms with Gasteiger partial charge in [0.15, 0.2) is 0 Å². The van der Waals surface area contributed by atoms with E-state index in [2.05, 4.69) is 4.72 Å². The maximum atomic E-state index is 12.9. The number of likely N-dealkylation sites (tertiary alicyclic amines) is 1. The first kappa shape index (κ1) is 22.1. The number of hydrogen-bond donors (Lipinski definition) is 1. The van der Waals surface area contributed by atoms with E-state index in [0.717, 1.165) is 11.1 Å². The number of ether oxygens (including phenoxy) is 2. The van der Waals surface area contributed by atoms with E-state index in [1.54, 1.807) is 35.2 Å². The maximum absolute atomic E-state index is 12.9. The standard InChI is InChI=1S/C22H28N2O5S/c1-15-5-6-21(11-16(15)2)30(26,27)23-18-7-9-24(10-8-18)22(25)17-12-19(28-3)14-20(13-17)29-4/h5-6,11-14,18,23H,7-10H2,1-4H3. The van der Waals surface area contributed by atoms with E-state index in [1.807, 2.05) is 19.9 Å². The first-order valence-electron chi connectivity index (χ1n) is 9.85. The molecule has 0 unspecified atom stereocenters. The van der Waals surface area contributed by atoms with Gasteiger partial charge in [0, 0.05) is 30.8 Å². The predicted octanol–water partition coefficient (Wildman–Crippen LogP) is 2.90. The van der Waals surface area contributed by atoms with Gasteiger partial charge in [-0.1, -0.05) is 6.07 Å². The number of rotatable bonds is 6. The van der Waals surface area contributed by atoms with Gasteiger partial charge in [0.05, 0.1) is 19.1 Å². The lowest BCUT2D eigenvalue weighted by Crippen LogP contribution is -2.46. The largest absolute Gasteiger partial charge is 0.497 e. The topological polar surface area (TPSA) is 84.9 Å². The molecule has 0 aromatic heterocycles. The summed E-state index contributed by atoms with van der Waals surface area (Å²) in [7, 11) is -0.518. The third kappa shape index (κ3) is 4.94. The molecule has 1 aliphatic rings. The quantitative estimate of drug-likeness (QED) is 0.759. The minimum atomic E-state index is -3.59. The van der Waals surface area contributed by atoms with Crippen molar-refractivity contribution in [1.82, 2.24) is 9.62 Å². The highest BCUT2D eigenvalue weighted by molar-refractivity contribution is 7.89. The average molecular weight is 433 g/mol. The van der Waals surface area contributed by atoms with Crippen molar-refractivity contribution in [3.63, 3.8) is 0 Å². The van der Waals surface area contributed by atoms with Crippen LogP contribution in [0.25, 0.3) is 0 Å². The Morgan fingerprint density at radius 1 is 0.967 bits per heavy atom. The summed E-state index contributed by atoms with van der Waals surface area (Å²) in [6.07, 6.45) is 1.10. The summed E-state index contributed by atoms with van der Waals surface area (Å²) in [4.78, 5) is 14.9. The van der Waals surface area contributed by atoms with Crippen LogP contribution in [0, 0.1) is 13.8 Å². The highest BCUT2D eigenvalue weighted by atomic mass is 32.2. The number of methoxy groups -OCH3 is 2. The average Bonchev–Trinajstić information content (AvgIpc) is 2.74. The summed E-state index contributed by atoms with van der Waals surface area (Å²) in [6.45, 7) is 4.78. The highest BCUT2D eigenvalue weighted by Gasteiger charge is 2.27. The second-order valence-corrected chi connectivity index (χ2v) is 9.25. The number of piperidine rings is 1. The van der Waals surface area contributed by atoms with Gasteiger partial charge >= 0.3 is 0 Å². The van der Waals surface area contributed by atoms with Gasteiger partial charge in [-0.25, -0.2) is 13.1 Å². The predicted molar refractivity (Wildman–Crippen MR) is 115 cm³/mol. The van der Waals surface area contributed by atoms with Gasteiger partial charge in [0.1, 0.15) is 11.5 Å². The first-order chi connectivity index (χ1) is 14.2. The Labute approximate surface area is 178 Å². The molecule has 0 saturated carbocycles. The summed E-state index contributed by atoms with van der Waals surface area (Å²) < 4.78 is 38.7. The van der Waals surface area contributed by atoms with E-state index in [4.69, 9.17) is 9.47 Å². The van der Waals surface area contributed by atoms with Gasteiger partial charge in [0.2, 0.25) is 10.0 Å². The number of hydrogen-bond acceptors (Lipinski definition) is 5. The Hall–Kier alpha value is -2.58. The second-order valence-electron chi connectivity index (χ2n) is 7.54. The summed E-state index contributed by atoms with van der Waals surface area (Å²) in [5.74, 6) is 0.977. The third-order valence-corrected chi connectivity index (χ3v) is 7.01. The van der Waals surface area contributed by atoms with Gasteiger partial charge in [-0.2, -0.15) is 0 Å². The number of carbonyl (C=O) groups is 1. The molecule has 1 heterocycles. The summed E-state index contributed by atoms with van der Waals surface area (Å²) >= 11 is 0. The van der Waals surface area contributed by atoms with Gasteiger partial charge in [-0.05, 0) is 62.1 Å². The minimum Gasteiger partial charge on any atom is -0.497 e. The van der Waals surface area contributed by atoms with Gasteiger partial charge < -0.3 is 14.4 Å². The van der Waals surface area contributed by atoms with Crippen LogP contribution in [0.1, 0.15) is 34.3 Å². The van der Waals surface area contributed by atoms with E-state index in [0.29, 0.717) is 43.0 Å². The molecule has 2 aromatic carbocycles. The van der Waals surface area contributed by atoms with Crippen LogP contribution in [0.4, 0.5) is 0 Å². The SMILES string of the molecule is COc1cc(OC)cc(C(=O)N2CCC(NS(=O)(=O)c3ccc(C)c(C)c3)CC2)c1. The van der Waals surface area contributed by atoms with Crippen LogP contribution in [-0.2, 0) is 10.0 Å². The van der Waals surface area contributed by atoms with E-state index in [1.165, 1.54) is 14.2 Å². The van der Waals surface area contributed by atoms with Crippen LogP contribution >= 0.6 is 0 Å². The normalized spacial score (nSPS) is 15.1. The number of aryl methyl sites for hydroxylation is 2. The van der Waals surface area contributed by atoms with E-state index < -0.39 is 10.0 Å². The fourth-order valence-electron chi connectivity index (χ4n) is 3.48. The number of sulfonamides is 1. The monoisotopic (exact) mass is 432 g/mol. The molecule has 2 aromatic rings. The highest BCUT2D eigenvalue weighted by Crippen LogP contribution is 2.25. The summed E-state index contributed by atoms with van der Waals surface area (Å²) in [5, 5.41) is 0. The number of nitrogens with one attached hydrogen (secondary N) is 1. The Bertz CT molecular complexity index is 1010. The number of carbonyl (C=O) groups excluding carboxylic acids is 1. The summed E-state index contributed by atoms with van der Waals surface area (Å²) in [5.41, 5.74) is 2.47. The first-order valence-corrected chi connectivity index (χ1v) is 11.3. The van der Waals surface area contributed by atoms with Crippen LogP contribution in [0.5, 0.6) is 11.5 Å². The van der Waals surface area contributed by atoms with Crippen molar-refractivity contribution < 1.29 is 22.7 Å². The van der Waals surface area contributed by atoms with Gasteiger partial charge in [-0.15, -0.1) is 0 Å². The van der Waals surface area contributed by atoms with Crippen molar-refractivity contribution in [1.29, 1.82) is 0 Å². The molecule has 1 N–H and O–H groups in total. The van der Waals surface area contributed by atoms with Gasteiger partial charge in [-0.3, -0.25) is 4.79 Å². The molecule has 162 valence electrons. The number of nitrogens with zero attached hydrogens (tertiary/aromatic N) is 1. The fourth-order valence-corrected chi connectivity index (χ4v) is 4.87.